The van der Waals surface area contributed by atoms with Crippen LogP contribution in [0.2, 0.25) is 0 Å². The minimum absolute atomic E-state index is 0.124. The number of carbonyl (C=O) groups excluding carboxylic acids is 2. The summed E-state index contributed by atoms with van der Waals surface area (Å²) in [7, 11) is 3.99. The largest absolute Gasteiger partial charge is 0.350 e. The van der Waals surface area contributed by atoms with E-state index in [1.54, 1.807) is 35.6 Å². The van der Waals surface area contributed by atoms with Crippen LogP contribution in [-0.2, 0) is 4.79 Å². The Balaban J connectivity index is 1.97. The average Bonchev–Trinajstić information content (AvgIpc) is 3.01. The second kappa shape index (κ2) is 7.89. The first-order valence-corrected chi connectivity index (χ1v) is 8.26. The predicted octanol–water partition coefficient (Wildman–Crippen LogP) is 2.74. The van der Waals surface area contributed by atoms with Crippen LogP contribution in [-0.4, -0.2) is 37.4 Å². The molecule has 1 heterocycles. The van der Waals surface area contributed by atoms with Gasteiger partial charge in [-0.1, -0.05) is 0 Å². The molecular weight excluding hydrogens is 310 g/mol. The summed E-state index contributed by atoms with van der Waals surface area (Å²) < 4.78 is 0. The van der Waals surface area contributed by atoms with Gasteiger partial charge in [0.05, 0.1) is 6.04 Å². The number of nitrogens with zero attached hydrogens (tertiary/aromatic N) is 1. The Bertz CT molecular complexity index is 651. The van der Waals surface area contributed by atoms with E-state index in [1.807, 2.05) is 19.5 Å². The van der Waals surface area contributed by atoms with E-state index in [9.17, 15) is 9.59 Å². The molecule has 0 fully saturated rings. The Morgan fingerprint density at radius 3 is 2.39 bits per heavy atom. The van der Waals surface area contributed by atoms with Crippen LogP contribution in [0.5, 0.6) is 0 Å². The minimum atomic E-state index is -0.133. The topological polar surface area (TPSA) is 61.4 Å². The van der Waals surface area contributed by atoms with E-state index >= 15 is 0 Å². The summed E-state index contributed by atoms with van der Waals surface area (Å²) in [4.78, 5) is 25.3. The molecule has 0 radical (unpaired) electrons. The van der Waals surface area contributed by atoms with Crippen molar-refractivity contribution < 1.29 is 9.59 Å². The third kappa shape index (κ3) is 4.91. The lowest BCUT2D eigenvalue weighted by atomic mass is 10.1. The fourth-order valence-corrected chi connectivity index (χ4v) is 2.97. The number of hydrogen-bond donors (Lipinski definition) is 2. The number of thiophene rings is 1. The van der Waals surface area contributed by atoms with E-state index in [1.165, 1.54) is 12.5 Å². The number of amides is 2. The summed E-state index contributed by atoms with van der Waals surface area (Å²) in [5.74, 6) is -0.256. The Kier molecular flexibility index (Phi) is 5.90. The smallest absolute Gasteiger partial charge is 0.251 e. The van der Waals surface area contributed by atoms with Crippen molar-refractivity contribution in [1.29, 1.82) is 0 Å². The van der Waals surface area contributed by atoms with Crippen LogP contribution >= 0.6 is 11.3 Å². The number of hydrogen-bond acceptors (Lipinski definition) is 4. The molecule has 0 aliphatic carbocycles. The van der Waals surface area contributed by atoms with E-state index in [4.69, 9.17) is 0 Å². The lowest BCUT2D eigenvalue weighted by molar-refractivity contribution is -0.114. The fourth-order valence-electron chi connectivity index (χ4n) is 2.26. The Labute approximate surface area is 140 Å². The number of anilines is 1. The van der Waals surface area contributed by atoms with Crippen molar-refractivity contribution in [2.24, 2.45) is 0 Å². The maximum Gasteiger partial charge on any atom is 0.251 e. The molecule has 6 heteroatoms. The highest BCUT2D eigenvalue weighted by Gasteiger charge is 2.16. The third-order valence-electron chi connectivity index (χ3n) is 3.47. The quantitative estimate of drug-likeness (QED) is 0.855. The van der Waals surface area contributed by atoms with Crippen molar-refractivity contribution in [3.63, 3.8) is 0 Å². The van der Waals surface area contributed by atoms with Gasteiger partial charge in [-0.15, -0.1) is 0 Å². The van der Waals surface area contributed by atoms with Gasteiger partial charge in [0.15, 0.2) is 0 Å². The van der Waals surface area contributed by atoms with E-state index in [2.05, 4.69) is 27.0 Å². The molecule has 0 saturated carbocycles. The van der Waals surface area contributed by atoms with E-state index in [0.29, 0.717) is 17.8 Å². The molecule has 2 amide bonds. The summed E-state index contributed by atoms with van der Waals surface area (Å²) in [6, 6.07) is 9.07. The molecule has 0 aliphatic rings. The molecule has 1 aromatic heterocycles. The van der Waals surface area contributed by atoms with Crippen molar-refractivity contribution in [2.45, 2.75) is 13.0 Å². The molecule has 5 nitrogen and oxygen atoms in total. The van der Waals surface area contributed by atoms with Crippen LogP contribution in [0.4, 0.5) is 5.69 Å². The van der Waals surface area contributed by atoms with E-state index < -0.39 is 0 Å². The second-order valence-corrected chi connectivity index (χ2v) is 6.28. The van der Waals surface area contributed by atoms with Crippen molar-refractivity contribution in [3.05, 3.63) is 52.2 Å². The second-order valence-electron chi connectivity index (χ2n) is 5.50. The Morgan fingerprint density at radius 1 is 1.17 bits per heavy atom. The highest BCUT2D eigenvalue weighted by molar-refractivity contribution is 7.07. The first-order valence-electron chi connectivity index (χ1n) is 7.31. The predicted molar refractivity (Wildman–Crippen MR) is 93.8 cm³/mol. The molecule has 2 aromatic rings. The number of likely N-dealkylation sites (N-methyl/N-ethyl adjacent to an activating group) is 1. The monoisotopic (exact) mass is 331 g/mol. The molecular formula is C17H21N3O2S. The summed E-state index contributed by atoms with van der Waals surface area (Å²) in [5, 5.41) is 9.78. The summed E-state index contributed by atoms with van der Waals surface area (Å²) in [6.45, 7) is 1.99. The van der Waals surface area contributed by atoms with Gasteiger partial charge < -0.3 is 15.5 Å². The zero-order valence-electron chi connectivity index (χ0n) is 13.5. The number of rotatable bonds is 6. The van der Waals surface area contributed by atoms with Crippen LogP contribution in [0.15, 0.2) is 41.1 Å². The lowest BCUT2D eigenvalue weighted by Gasteiger charge is -2.24. The van der Waals surface area contributed by atoms with Crippen molar-refractivity contribution >= 4 is 28.8 Å². The number of nitrogens with one attached hydrogen (secondary N) is 2. The van der Waals surface area contributed by atoms with Crippen LogP contribution < -0.4 is 10.6 Å². The van der Waals surface area contributed by atoms with Gasteiger partial charge in [-0.05, 0) is 60.8 Å². The lowest BCUT2D eigenvalue weighted by Crippen LogP contribution is -2.34. The standard InChI is InChI=1S/C17H21N3O2S/c1-12(21)19-15-6-4-13(5-7-15)17(22)18-10-16(20(2)3)14-8-9-23-11-14/h4-9,11,16H,10H2,1-3H3,(H,18,22)(H,19,21)/t16-/m1/s1. The molecule has 23 heavy (non-hydrogen) atoms. The molecule has 0 bridgehead atoms. The molecule has 2 N–H and O–H groups in total. The zero-order valence-corrected chi connectivity index (χ0v) is 14.3. The third-order valence-corrected chi connectivity index (χ3v) is 4.18. The van der Waals surface area contributed by atoms with Gasteiger partial charge in [-0.2, -0.15) is 11.3 Å². The molecule has 122 valence electrons. The maximum atomic E-state index is 12.3. The highest BCUT2D eigenvalue weighted by Crippen LogP contribution is 2.20. The van der Waals surface area contributed by atoms with Gasteiger partial charge in [0, 0.05) is 24.7 Å². The first kappa shape index (κ1) is 17.2. The molecule has 1 atom stereocenters. The summed E-state index contributed by atoms with van der Waals surface area (Å²) in [6.07, 6.45) is 0. The molecule has 0 unspecified atom stereocenters. The van der Waals surface area contributed by atoms with Gasteiger partial charge in [0.1, 0.15) is 0 Å². The highest BCUT2D eigenvalue weighted by atomic mass is 32.1. The van der Waals surface area contributed by atoms with Crippen LogP contribution in [0.25, 0.3) is 0 Å². The Morgan fingerprint density at radius 2 is 1.87 bits per heavy atom. The molecule has 0 spiro atoms. The van der Waals surface area contributed by atoms with Gasteiger partial charge >= 0.3 is 0 Å². The molecule has 2 rings (SSSR count). The van der Waals surface area contributed by atoms with E-state index in [0.717, 1.165) is 0 Å². The molecule has 0 aliphatic heterocycles. The normalized spacial score (nSPS) is 12.0. The van der Waals surface area contributed by atoms with E-state index in [-0.39, 0.29) is 17.9 Å². The number of benzene rings is 1. The van der Waals surface area contributed by atoms with Crippen LogP contribution in [0.3, 0.4) is 0 Å². The molecule has 0 saturated heterocycles. The SMILES string of the molecule is CC(=O)Nc1ccc(C(=O)NC[C@H](c2ccsc2)N(C)C)cc1. The van der Waals surface area contributed by atoms with Crippen LogP contribution in [0, 0.1) is 0 Å². The summed E-state index contributed by atoms with van der Waals surface area (Å²) in [5.41, 5.74) is 2.45. The van der Waals surface area contributed by atoms with Gasteiger partial charge in [-0.25, -0.2) is 0 Å². The zero-order chi connectivity index (χ0) is 16.8. The van der Waals surface area contributed by atoms with Crippen molar-refractivity contribution in [1.82, 2.24) is 10.2 Å². The Hall–Kier alpha value is -2.18. The van der Waals surface area contributed by atoms with Crippen molar-refractivity contribution in [2.75, 3.05) is 26.0 Å². The van der Waals surface area contributed by atoms with Crippen molar-refractivity contribution in [3.8, 4) is 0 Å². The maximum absolute atomic E-state index is 12.3. The number of carbonyl (C=O) groups is 2. The molecule has 1 aromatic carbocycles. The fraction of sp³-hybridized carbons (Fsp3) is 0.294. The van der Waals surface area contributed by atoms with Gasteiger partial charge in [0.25, 0.3) is 5.91 Å². The summed E-state index contributed by atoms with van der Waals surface area (Å²) >= 11 is 1.65. The average molecular weight is 331 g/mol. The first-order chi connectivity index (χ1) is 11.0. The van der Waals surface area contributed by atoms with Crippen LogP contribution in [0.1, 0.15) is 28.9 Å². The minimum Gasteiger partial charge on any atom is -0.350 e. The van der Waals surface area contributed by atoms with Gasteiger partial charge in [-0.3, -0.25) is 9.59 Å². The van der Waals surface area contributed by atoms with Gasteiger partial charge in [0.2, 0.25) is 5.91 Å².